The monoisotopic (exact) mass is 786 g/mol. The first-order valence-corrected chi connectivity index (χ1v) is 21.3. The molecule has 0 radical (unpaired) electrons. The zero-order chi connectivity index (χ0) is 40.5. The molecule has 14 rings (SSSR count). The van der Waals surface area contributed by atoms with Crippen LogP contribution in [0.5, 0.6) is 0 Å². The number of benzene rings is 11. The van der Waals surface area contributed by atoms with Crippen molar-refractivity contribution in [1.82, 2.24) is 19.1 Å². The Labute approximate surface area is 355 Å². The number of para-hydroxylation sites is 2. The topological polar surface area (TPSA) is 35.6 Å². The van der Waals surface area contributed by atoms with Gasteiger partial charge < -0.3 is 4.57 Å². The Hall–Kier alpha value is -8.34. The van der Waals surface area contributed by atoms with E-state index in [1.54, 1.807) is 0 Å². The van der Waals surface area contributed by atoms with Gasteiger partial charge in [-0.15, -0.1) is 0 Å². The molecule has 0 aliphatic carbocycles. The maximum atomic E-state index is 5.82. The Balaban J connectivity index is 1.21. The number of nitrogens with zero attached hydrogens (tertiary/aromatic N) is 4. The van der Waals surface area contributed by atoms with Crippen LogP contribution in [0, 0.1) is 0 Å². The molecule has 0 atom stereocenters. The Bertz CT molecular complexity index is 4180. The molecule has 0 saturated heterocycles. The van der Waals surface area contributed by atoms with E-state index >= 15 is 0 Å². The lowest BCUT2D eigenvalue weighted by Crippen LogP contribution is -2.04. The zero-order valence-corrected chi connectivity index (χ0v) is 33.4. The number of hydrogen-bond acceptors (Lipinski definition) is 2. The molecule has 0 saturated carbocycles. The summed E-state index contributed by atoms with van der Waals surface area (Å²) in [5.41, 5.74) is 9.23. The molecule has 4 nitrogen and oxygen atoms in total. The summed E-state index contributed by atoms with van der Waals surface area (Å²) in [7, 11) is 0. The summed E-state index contributed by atoms with van der Waals surface area (Å²) in [5.74, 6) is 0.803. The summed E-state index contributed by atoms with van der Waals surface area (Å²) in [6.45, 7) is 0. The van der Waals surface area contributed by atoms with Crippen LogP contribution in [0.15, 0.2) is 206 Å². The minimum Gasteiger partial charge on any atom is -0.309 e. The lowest BCUT2D eigenvalue weighted by molar-refractivity contribution is 1.09. The highest BCUT2D eigenvalue weighted by atomic mass is 15.1. The fraction of sp³-hybridized carbons (Fsp3) is 0. The minimum atomic E-state index is 0.803. The van der Waals surface area contributed by atoms with Crippen LogP contribution in [-0.4, -0.2) is 19.1 Å². The predicted octanol–water partition coefficient (Wildman–Crippen LogP) is 15.3. The second kappa shape index (κ2) is 12.6. The lowest BCUT2D eigenvalue weighted by atomic mass is 9.91. The number of aromatic nitrogens is 4. The van der Waals surface area contributed by atoms with E-state index in [0.717, 1.165) is 72.0 Å². The Morgan fingerprint density at radius 3 is 1.66 bits per heavy atom. The van der Waals surface area contributed by atoms with Crippen molar-refractivity contribution >= 4 is 109 Å². The van der Waals surface area contributed by atoms with Gasteiger partial charge in [0.25, 0.3) is 0 Å². The molecule has 0 fully saturated rings. The zero-order valence-electron chi connectivity index (χ0n) is 33.4. The molecule has 0 aliphatic heterocycles. The molecule has 0 unspecified atom stereocenters. The van der Waals surface area contributed by atoms with Crippen LogP contribution in [0.4, 0.5) is 0 Å². The summed E-state index contributed by atoms with van der Waals surface area (Å²) < 4.78 is 4.82. The van der Waals surface area contributed by atoms with Gasteiger partial charge in [-0.05, 0) is 74.1 Å². The van der Waals surface area contributed by atoms with Crippen molar-refractivity contribution in [3.8, 4) is 22.8 Å². The van der Waals surface area contributed by atoms with Gasteiger partial charge in [0.15, 0.2) is 5.82 Å². The van der Waals surface area contributed by atoms with E-state index in [-0.39, 0.29) is 0 Å². The summed E-state index contributed by atoms with van der Waals surface area (Å²) in [6.07, 6.45) is 0. The van der Waals surface area contributed by atoms with Crippen LogP contribution >= 0.6 is 0 Å². The molecule has 0 bridgehead atoms. The van der Waals surface area contributed by atoms with Crippen LogP contribution in [0.3, 0.4) is 0 Å². The van der Waals surface area contributed by atoms with Crippen LogP contribution in [-0.2, 0) is 0 Å². The van der Waals surface area contributed by atoms with E-state index in [2.05, 4.69) is 215 Å². The van der Waals surface area contributed by atoms with Crippen LogP contribution in [0.1, 0.15) is 0 Å². The van der Waals surface area contributed by atoms with Crippen molar-refractivity contribution < 1.29 is 0 Å². The van der Waals surface area contributed by atoms with Gasteiger partial charge in [-0.2, -0.15) is 0 Å². The standard InChI is InChI=1S/C58H34N4/c1-2-17-37(18-3-1)61-49-27-13-12-25-45(49)52-46(26-14-28-50(52)61)56-58(59-48-33-30-35-15-4-6-19-38(35)55(48)60-56)62-51-34-32-44-42-23-9-8-21-40(42)41-22-10-11-24-43(41)53(44)54(51)47-31-29-36-16-5-7-20-39(36)57(47)62/h1-34H. The maximum absolute atomic E-state index is 5.82. The lowest BCUT2D eigenvalue weighted by Gasteiger charge is -2.17. The van der Waals surface area contributed by atoms with Gasteiger partial charge in [0, 0.05) is 49.0 Å². The van der Waals surface area contributed by atoms with E-state index in [4.69, 9.17) is 9.97 Å². The number of fused-ring (bicyclic) bond motifs is 18. The van der Waals surface area contributed by atoms with Crippen LogP contribution in [0.25, 0.3) is 131 Å². The third kappa shape index (κ3) is 4.50. The third-order valence-corrected chi connectivity index (χ3v) is 13.2. The first-order chi connectivity index (χ1) is 30.8. The van der Waals surface area contributed by atoms with Crippen LogP contribution < -0.4 is 0 Å². The van der Waals surface area contributed by atoms with Crippen molar-refractivity contribution in [3.63, 3.8) is 0 Å². The molecule has 3 heterocycles. The summed E-state index contributed by atoms with van der Waals surface area (Å²) in [5, 5.41) is 16.8. The molecular weight excluding hydrogens is 753 g/mol. The Kier molecular flexibility index (Phi) is 6.80. The van der Waals surface area contributed by atoms with E-state index in [0.29, 0.717) is 0 Å². The van der Waals surface area contributed by atoms with Gasteiger partial charge in [-0.3, -0.25) is 4.57 Å². The van der Waals surface area contributed by atoms with E-state index < -0.39 is 0 Å². The van der Waals surface area contributed by atoms with E-state index in [1.165, 1.54) is 59.2 Å². The number of hydrogen-bond donors (Lipinski definition) is 0. The van der Waals surface area contributed by atoms with Gasteiger partial charge in [0.05, 0.1) is 33.1 Å². The fourth-order valence-electron chi connectivity index (χ4n) is 10.7. The first kappa shape index (κ1) is 33.5. The SMILES string of the molecule is c1ccc(-n2c3ccccc3c3c(-c4nc5c(ccc6ccccc65)nc4-n4c5ccc6c7ccccc7c7ccccc7c6c5c5ccc6ccccc6c54)cccc32)cc1. The van der Waals surface area contributed by atoms with Gasteiger partial charge in [0.1, 0.15) is 5.69 Å². The van der Waals surface area contributed by atoms with Crippen molar-refractivity contribution in [2.24, 2.45) is 0 Å². The minimum absolute atomic E-state index is 0.803. The van der Waals surface area contributed by atoms with Gasteiger partial charge in [0.2, 0.25) is 0 Å². The van der Waals surface area contributed by atoms with E-state index in [9.17, 15) is 0 Å². The largest absolute Gasteiger partial charge is 0.309 e. The molecule has 0 N–H and O–H groups in total. The normalized spacial score (nSPS) is 12.2. The smallest absolute Gasteiger partial charge is 0.165 e. The molecule has 4 heteroatoms. The fourth-order valence-corrected chi connectivity index (χ4v) is 10.7. The Morgan fingerprint density at radius 2 is 0.871 bits per heavy atom. The average molecular weight is 787 g/mol. The van der Waals surface area contributed by atoms with Crippen molar-refractivity contribution in [2.75, 3.05) is 0 Å². The van der Waals surface area contributed by atoms with Gasteiger partial charge in [-0.1, -0.05) is 170 Å². The molecule has 62 heavy (non-hydrogen) atoms. The predicted molar refractivity (Wildman–Crippen MR) is 261 cm³/mol. The molecule has 0 spiro atoms. The Morgan fingerprint density at radius 1 is 0.306 bits per heavy atom. The van der Waals surface area contributed by atoms with E-state index in [1.807, 2.05) is 0 Å². The average Bonchev–Trinajstić information content (AvgIpc) is 3.87. The highest BCUT2D eigenvalue weighted by Crippen LogP contribution is 2.47. The van der Waals surface area contributed by atoms with Gasteiger partial charge in [-0.25, -0.2) is 9.97 Å². The highest BCUT2D eigenvalue weighted by molar-refractivity contribution is 6.36. The molecule has 3 aromatic heterocycles. The van der Waals surface area contributed by atoms with Crippen molar-refractivity contribution in [3.05, 3.63) is 206 Å². The molecule has 0 aliphatic rings. The summed E-state index contributed by atoms with van der Waals surface area (Å²) in [4.78, 5) is 11.6. The highest BCUT2D eigenvalue weighted by Gasteiger charge is 2.26. The van der Waals surface area contributed by atoms with Crippen molar-refractivity contribution in [1.29, 1.82) is 0 Å². The van der Waals surface area contributed by atoms with Gasteiger partial charge >= 0.3 is 0 Å². The summed E-state index contributed by atoms with van der Waals surface area (Å²) in [6, 6.07) is 74.7. The molecule has 11 aromatic carbocycles. The molecule has 14 aromatic rings. The second-order valence-electron chi connectivity index (χ2n) is 16.4. The maximum Gasteiger partial charge on any atom is 0.165 e. The quantitative estimate of drug-likeness (QED) is 0.167. The first-order valence-electron chi connectivity index (χ1n) is 21.3. The van der Waals surface area contributed by atoms with Crippen LogP contribution in [0.2, 0.25) is 0 Å². The summed E-state index contributed by atoms with van der Waals surface area (Å²) >= 11 is 0. The second-order valence-corrected chi connectivity index (χ2v) is 16.4. The molecule has 286 valence electrons. The van der Waals surface area contributed by atoms with Crippen molar-refractivity contribution in [2.45, 2.75) is 0 Å². The molecular formula is C58H34N4. The third-order valence-electron chi connectivity index (χ3n) is 13.2. The number of rotatable bonds is 3. The molecule has 0 amide bonds.